The van der Waals surface area contributed by atoms with E-state index in [0.29, 0.717) is 17.9 Å². The van der Waals surface area contributed by atoms with Crippen molar-refractivity contribution in [3.8, 4) is 6.07 Å². The fourth-order valence-electron chi connectivity index (χ4n) is 2.59. The third kappa shape index (κ3) is 4.82. The lowest BCUT2D eigenvalue weighted by molar-refractivity contribution is -0.142. The number of ether oxygens (including phenoxy) is 1. The zero-order valence-electron chi connectivity index (χ0n) is 15.4. The van der Waals surface area contributed by atoms with E-state index < -0.39 is 18.5 Å². The number of halogens is 1. The van der Waals surface area contributed by atoms with E-state index in [-0.39, 0.29) is 5.82 Å². The lowest BCUT2D eigenvalue weighted by Crippen LogP contribution is -2.22. The van der Waals surface area contributed by atoms with E-state index in [2.05, 4.69) is 11.4 Å². The van der Waals surface area contributed by atoms with Crippen LogP contribution in [0.5, 0.6) is 0 Å². The Labute approximate surface area is 156 Å². The first-order valence-corrected chi connectivity index (χ1v) is 8.30. The Morgan fingerprint density at radius 3 is 2.56 bits per heavy atom. The second kappa shape index (κ2) is 8.81. The number of anilines is 1. The number of carbonyl (C=O) groups is 2. The molecule has 0 saturated carbocycles. The van der Waals surface area contributed by atoms with Crippen molar-refractivity contribution in [2.45, 2.75) is 27.3 Å². The van der Waals surface area contributed by atoms with Gasteiger partial charge in [-0.05, 0) is 44.0 Å². The minimum atomic E-state index is -0.623. The number of hydrogen-bond donors (Lipinski definition) is 1. The van der Waals surface area contributed by atoms with Crippen molar-refractivity contribution in [2.24, 2.45) is 0 Å². The largest absolute Gasteiger partial charge is 0.452 e. The summed E-state index contributed by atoms with van der Waals surface area (Å²) in [6.45, 7) is 5.17. The van der Waals surface area contributed by atoms with E-state index in [1.54, 1.807) is 30.5 Å². The lowest BCUT2D eigenvalue weighted by Gasteiger charge is -2.13. The number of rotatable bonds is 6. The molecule has 0 fully saturated rings. The Morgan fingerprint density at radius 2 is 1.96 bits per heavy atom. The highest BCUT2D eigenvalue weighted by Crippen LogP contribution is 2.27. The molecule has 2 rings (SSSR count). The second-order valence-electron chi connectivity index (χ2n) is 5.91. The van der Waals surface area contributed by atoms with Crippen LogP contribution < -0.4 is 5.32 Å². The highest BCUT2D eigenvalue weighted by molar-refractivity contribution is 5.94. The molecule has 27 heavy (non-hydrogen) atoms. The van der Waals surface area contributed by atoms with Crippen molar-refractivity contribution in [3.05, 3.63) is 64.6 Å². The second-order valence-corrected chi connectivity index (χ2v) is 5.91. The van der Waals surface area contributed by atoms with Crippen molar-refractivity contribution >= 4 is 17.7 Å². The fourth-order valence-corrected chi connectivity index (χ4v) is 2.59. The van der Waals surface area contributed by atoms with Gasteiger partial charge in [-0.1, -0.05) is 18.2 Å². The number of aromatic nitrogens is 1. The molecule has 0 unspecified atom stereocenters. The van der Waals surface area contributed by atoms with E-state index >= 15 is 0 Å². The third-order valence-corrected chi connectivity index (χ3v) is 4.10. The van der Waals surface area contributed by atoms with Gasteiger partial charge in [-0.3, -0.25) is 4.79 Å². The average molecular weight is 369 g/mol. The van der Waals surface area contributed by atoms with Crippen molar-refractivity contribution in [3.63, 3.8) is 0 Å². The number of nitrogens with zero attached hydrogens (tertiary/aromatic N) is 2. The number of esters is 1. The Morgan fingerprint density at radius 1 is 1.30 bits per heavy atom. The number of carbonyl (C=O) groups excluding carboxylic acids is 2. The molecule has 7 heteroatoms. The summed E-state index contributed by atoms with van der Waals surface area (Å²) in [7, 11) is 0. The normalized spacial score (nSPS) is 10.6. The van der Waals surface area contributed by atoms with Gasteiger partial charge in [0.05, 0.1) is 5.56 Å². The highest BCUT2D eigenvalue weighted by Gasteiger charge is 2.20. The maximum absolute atomic E-state index is 13.1. The molecule has 1 N–H and O–H groups in total. The Hall–Kier alpha value is -3.40. The van der Waals surface area contributed by atoms with Gasteiger partial charge in [0.15, 0.2) is 6.61 Å². The van der Waals surface area contributed by atoms with E-state index in [4.69, 9.17) is 4.74 Å². The molecule has 0 aliphatic carbocycles. The molecule has 1 heterocycles. The van der Waals surface area contributed by atoms with E-state index in [0.717, 1.165) is 16.8 Å². The zero-order valence-corrected chi connectivity index (χ0v) is 15.4. The quantitative estimate of drug-likeness (QED) is 0.626. The number of benzene rings is 1. The first-order chi connectivity index (χ1) is 12.9. The molecule has 6 nitrogen and oxygen atoms in total. The van der Waals surface area contributed by atoms with Gasteiger partial charge in [-0.25, -0.2) is 9.18 Å². The van der Waals surface area contributed by atoms with Gasteiger partial charge < -0.3 is 14.6 Å². The summed E-state index contributed by atoms with van der Waals surface area (Å²) >= 11 is 0. The predicted molar refractivity (Wildman–Crippen MR) is 98.5 cm³/mol. The summed E-state index contributed by atoms with van der Waals surface area (Å²) in [5, 5.41) is 12.1. The summed E-state index contributed by atoms with van der Waals surface area (Å²) in [6, 6.07) is 8.08. The maximum atomic E-state index is 13.1. The van der Waals surface area contributed by atoms with E-state index in [9.17, 15) is 19.2 Å². The van der Waals surface area contributed by atoms with Crippen LogP contribution in [-0.4, -0.2) is 23.1 Å². The molecule has 1 amide bonds. The molecule has 1 aromatic heterocycles. The fraction of sp³-hybridized carbons (Fsp3) is 0.250. The molecule has 0 aliphatic heterocycles. The van der Waals surface area contributed by atoms with Crippen LogP contribution in [0.1, 0.15) is 29.3 Å². The van der Waals surface area contributed by atoms with Gasteiger partial charge >= 0.3 is 5.97 Å². The van der Waals surface area contributed by atoms with Gasteiger partial charge in [-0.15, -0.1) is 0 Å². The van der Waals surface area contributed by atoms with Crippen LogP contribution in [0.3, 0.4) is 0 Å². The first-order valence-electron chi connectivity index (χ1n) is 8.30. The van der Waals surface area contributed by atoms with Crippen molar-refractivity contribution < 1.29 is 18.7 Å². The number of amides is 1. The smallest absolute Gasteiger partial charge is 0.330 e. The summed E-state index contributed by atoms with van der Waals surface area (Å²) in [6.07, 6.45) is 2.72. The first kappa shape index (κ1) is 19.9. The summed E-state index contributed by atoms with van der Waals surface area (Å²) in [5.41, 5.74) is 2.69. The minimum absolute atomic E-state index is 0.323. The molecule has 0 bridgehead atoms. The number of hydrogen-bond acceptors (Lipinski definition) is 4. The molecule has 140 valence electrons. The van der Waals surface area contributed by atoms with Gasteiger partial charge in [0, 0.05) is 18.3 Å². The van der Waals surface area contributed by atoms with Gasteiger partial charge in [0.2, 0.25) is 0 Å². The van der Waals surface area contributed by atoms with Crippen LogP contribution in [0.25, 0.3) is 0 Å². The average Bonchev–Trinajstić information content (AvgIpc) is 2.86. The van der Waals surface area contributed by atoms with Gasteiger partial charge in [-0.2, -0.15) is 5.26 Å². The van der Waals surface area contributed by atoms with Crippen molar-refractivity contribution in [2.75, 3.05) is 11.9 Å². The zero-order chi connectivity index (χ0) is 20.0. The monoisotopic (exact) mass is 369 g/mol. The van der Waals surface area contributed by atoms with Crippen LogP contribution in [0, 0.1) is 31.0 Å². The Kier molecular flexibility index (Phi) is 6.50. The summed E-state index contributed by atoms with van der Waals surface area (Å²) in [5.74, 6) is -1.19. The van der Waals surface area contributed by atoms with Gasteiger partial charge in [0.1, 0.15) is 17.7 Å². The molecule has 0 saturated heterocycles. The van der Waals surface area contributed by atoms with E-state index in [1.807, 2.05) is 6.92 Å². The van der Waals surface area contributed by atoms with Crippen LogP contribution in [0.15, 0.2) is 36.4 Å². The predicted octanol–water partition coefficient (Wildman–Crippen LogP) is 3.22. The van der Waals surface area contributed by atoms with Crippen molar-refractivity contribution in [1.29, 1.82) is 5.26 Å². The topological polar surface area (TPSA) is 84.1 Å². The third-order valence-electron chi connectivity index (χ3n) is 4.10. The molecule has 2 aromatic rings. The van der Waals surface area contributed by atoms with Crippen molar-refractivity contribution in [1.82, 2.24) is 4.57 Å². The molecular formula is C20H20FN3O3. The van der Waals surface area contributed by atoms with Crippen LogP contribution >= 0.6 is 0 Å². The molecule has 1 aromatic carbocycles. The molecule has 0 spiro atoms. The Bertz CT molecular complexity index is 921. The van der Waals surface area contributed by atoms with Gasteiger partial charge in [0.25, 0.3) is 5.91 Å². The molecule has 0 aliphatic rings. The number of nitriles is 1. The Balaban J connectivity index is 2.27. The van der Waals surface area contributed by atoms with Crippen LogP contribution in [0.4, 0.5) is 10.2 Å². The number of nitrogens with one attached hydrogen (secondary N) is 1. The molecular weight excluding hydrogens is 349 g/mol. The minimum Gasteiger partial charge on any atom is -0.452 e. The highest BCUT2D eigenvalue weighted by atomic mass is 19.1. The molecule has 0 radical (unpaired) electrons. The van der Waals surface area contributed by atoms with Crippen LogP contribution in [-0.2, 0) is 20.9 Å². The van der Waals surface area contributed by atoms with E-state index in [1.165, 1.54) is 24.3 Å². The maximum Gasteiger partial charge on any atom is 0.330 e. The standard InChI is InChI=1S/C20H20FN3O3/c1-4-5-19(26)27-12-18(25)23-20-17(10-22)13(2)14(3)24(20)11-15-6-8-16(21)9-7-15/h4-9H,11-12H2,1-3H3,(H,23,25). The SMILES string of the molecule is CC=CC(=O)OCC(=O)Nc1c(C#N)c(C)c(C)n1Cc1ccc(F)cc1. The lowest BCUT2D eigenvalue weighted by atomic mass is 10.2. The molecule has 0 atom stereocenters. The van der Waals surface area contributed by atoms with Crippen LogP contribution in [0.2, 0.25) is 0 Å². The summed E-state index contributed by atoms with van der Waals surface area (Å²) < 4.78 is 19.7. The number of allylic oxidation sites excluding steroid dienone is 1. The summed E-state index contributed by atoms with van der Waals surface area (Å²) in [4.78, 5) is 23.5.